The molecule has 1 amide bonds. The van der Waals surface area contributed by atoms with Crippen LogP contribution in [0.3, 0.4) is 0 Å². The quantitative estimate of drug-likeness (QED) is 0.494. The van der Waals surface area contributed by atoms with E-state index < -0.39 is 6.29 Å². The molecular weight excluding hydrogens is 496 g/mol. The zero-order chi connectivity index (χ0) is 25.6. The average Bonchev–Trinajstić information content (AvgIpc) is 3.39. The summed E-state index contributed by atoms with van der Waals surface area (Å²) in [5, 5.41) is 9.72. The summed E-state index contributed by atoms with van der Waals surface area (Å²) in [4.78, 5) is 17.7. The molecule has 2 aromatic carbocycles. The van der Waals surface area contributed by atoms with Crippen molar-refractivity contribution in [3.63, 3.8) is 0 Å². The van der Waals surface area contributed by atoms with Gasteiger partial charge in [0.15, 0.2) is 17.3 Å². The van der Waals surface area contributed by atoms with Gasteiger partial charge in [-0.25, -0.2) is 0 Å². The van der Waals surface area contributed by atoms with Gasteiger partial charge in [-0.1, -0.05) is 29.8 Å². The van der Waals surface area contributed by atoms with Crippen LogP contribution in [0.2, 0.25) is 5.02 Å². The van der Waals surface area contributed by atoms with E-state index >= 15 is 0 Å². The van der Waals surface area contributed by atoms with Gasteiger partial charge in [0.05, 0.1) is 6.61 Å². The van der Waals surface area contributed by atoms with E-state index in [2.05, 4.69) is 11.0 Å². The Morgan fingerprint density at radius 2 is 1.81 bits per heavy atom. The predicted octanol–water partition coefficient (Wildman–Crippen LogP) is 3.92. The van der Waals surface area contributed by atoms with Gasteiger partial charge in [-0.05, 0) is 54.3 Å². The molecule has 0 radical (unpaired) electrons. The number of allylic oxidation sites excluding steroid dienone is 1. The van der Waals surface area contributed by atoms with Crippen LogP contribution in [0, 0.1) is 0 Å². The second-order valence-electron chi connectivity index (χ2n) is 9.53. The van der Waals surface area contributed by atoms with E-state index in [0.29, 0.717) is 43.3 Å². The molecular formula is C28H33ClN2O6. The van der Waals surface area contributed by atoms with Crippen LogP contribution >= 0.6 is 11.6 Å². The summed E-state index contributed by atoms with van der Waals surface area (Å²) < 4.78 is 22.9. The van der Waals surface area contributed by atoms with Gasteiger partial charge in [-0.2, -0.15) is 0 Å². The third-order valence-corrected chi connectivity index (χ3v) is 7.18. The number of halogens is 1. The second kappa shape index (κ2) is 12.2. The van der Waals surface area contributed by atoms with Gasteiger partial charge < -0.3 is 29.0 Å². The molecule has 3 aliphatic heterocycles. The standard InChI is InChI=1S/C28H33ClN2O6/c29-23-6-4-21(5-7-23)22-16-26(37-27(17-22)34-14-2-1-13-32)28(33)31-11-9-30(10-12-31)18-20-3-8-24-25(15-20)36-19-35-24/h3-8,15-16,22,27,32H,1-2,9-14,17-19H2/t22-,27+/m0/s1. The number of aliphatic hydroxyl groups excluding tert-OH is 1. The van der Waals surface area contributed by atoms with Gasteiger partial charge >= 0.3 is 0 Å². The first-order chi connectivity index (χ1) is 18.1. The molecule has 0 unspecified atom stereocenters. The maximum atomic E-state index is 13.5. The number of hydrogen-bond acceptors (Lipinski definition) is 7. The highest BCUT2D eigenvalue weighted by Gasteiger charge is 2.32. The smallest absolute Gasteiger partial charge is 0.288 e. The van der Waals surface area contributed by atoms with E-state index in [9.17, 15) is 4.79 Å². The Labute approximate surface area is 222 Å². The molecule has 2 aromatic rings. The number of nitrogens with zero attached hydrogens (tertiary/aromatic N) is 2. The van der Waals surface area contributed by atoms with Crippen molar-refractivity contribution in [2.24, 2.45) is 0 Å². The molecule has 0 aromatic heterocycles. The molecule has 3 heterocycles. The van der Waals surface area contributed by atoms with E-state index in [1.807, 2.05) is 47.4 Å². The molecule has 3 aliphatic rings. The van der Waals surface area contributed by atoms with Crippen LogP contribution in [0.25, 0.3) is 0 Å². The van der Waals surface area contributed by atoms with Crippen LogP contribution in [0.5, 0.6) is 11.5 Å². The highest BCUT2D eigenvalue weighted by atomic mass is 35.5. The zero-order valence-electron chi connectivity index (χ0n) is 20.8. The lowest BCUT2D eigenvalue weighted by Gasteiger charge is -2.36. The summed E-state index contributed by atoms with van der Waals surface area (Å²) in [6, 6.07) is 13.7. The number of benzene rings is 2. The minimum Gasteiger partial charge on any atom is -0.459 e. The molecule has 0 aliphatic carbocycles. The molecule has 1 fully saturated rings. The minimum atomic E-state index is -0.518. The Morgan fingerprint density at radius 3 is 2.59 bits per heavy atom. The number of hydrogen-bond donors (Lipinski definition) is 1. The van der Waals surface area contributed by atoms with Gasteiger partial charge in [0.2, 0.25) is 13.1 Å². The minimum absolute atomic E-state index is 0.0138. The van der Waals surface area contributed by atoms with E-state index in [-0.39, 0.29) is 25.2 Å². The van der Waals surface area contributed by atoms with Gasteiger partial charge in [-0.3, -0.25) is 9.69 Å². The van der Waals surface area contributed by atoms with Crippen molar-refractivity contribution in [3.05, 3.63) is 70.4 Å². The fourth-order valence-corrected chi connectivity index (χ4v) is 4.97. The Balaban J connectivity index is 1.21. The van der Waals surface area contributed by atoms with Crippen molar-refractivity contribution in [3.8, 4) is 11.5 Å². The fourth-order valence-electron chi connectivity index (χ4n) is 4.84. The second-order valence-corrected chi connectivity index (χ2v) is 9.97. The van der Waals surface area contributed by atoms with Crippen molar-refractivity contribution in [1.29, 1.82) is 0 Å². The normalized spacial score (nSPS) is 21.5. The molecule has 5 rings (SSSR count). The third-order valence-electron chi connectivity index (χ3n) is 6.93. The summed E-state index contributed by atoms with van der Waals surface area (Å²) in [6.45, 7) is 4.45. The van der Waals surface area contributed by atoms with Gasteiger partial charge in [0.25, 0.3) is 5.91 Å². The summed E-state index contributed by atoms with van der Waals surface area (Å²) in [7, 11) is 0. The van der Waals surface area contributed by atoms with E-state index in [0.717, 1.165) is 48.7 Å². The van der Waals surface area contributed by atoms with Crippen molar-refractivity contribution in [1.82, 2.24) is 9.80 Å². The summed E-state index contributed by atoms with van der Waals surface area (Å²) in [6.07, 6.45) is 3.42. The Morgan fingerprint density at radius 1 is 1.03 bits per heavy atom. The Hall–Kier alpha value is -2.78. The summed E-state index contributed by atoms with van der Waals surface area (Å²) in [5.74, 6) is 1.79. The number of carbonyl (C=O) groups is 1. The predicted molar refractivity (Wildman–Crippen MR) is 138 cm³/mol. The molecule has 8 nitrogen and oxygen atoms in total. The van der Waals surface area contributed by atoms with Crippen molar-refractivity contribution in [2.75, 3.05) is 46.2 Å². The van der Waals surface area contributed by atoms with Gasteiger partial charge in [-0.15, -0.1) is 0 Å². The molecule has 0 bridgehead atoms. The first kappa shape index (κ1) is 25.9. The maximum Gasteiger partial charge on any atom is 0.288 e. The molecule has 198 valence electrons. The van der Waals surface area contributed by atoms with Gasteiger partial charge in [0, 0.05) is 56.7 Å². The SMILES string of the molecule is O=C(C1=C[C@H](c2ccc(Cl)cc2)C[C@H](OCCCCO)O1)N1CCN(Cc2ccc3c(c2)OCO3)CC1. The molecule has 0 saturated carbocycles. The highest BCUT2D eigenvalue weighted by Crippen LogP contribution is 2.34. The summed E-state index contributed by atoms with van der Waals surface area (Å²) in [5.41, 5.74) is 2.23. The number of unbranched alkanes of at least 4 members (excludes halogenated alkanes) is 1. The lowest BCUT2D eigenvalue weighted by molar-refractivity contribution is -0.154. The van der Waals surface area contributed by atoms with E-state index in [1.54, 1.807) is 0 Å². The maximum absolute atomic E-state index is 13.5. The first-order valence-corrected chi connectivity index (χ1v) is 13.2. The van der Waals surface area contributed by atoms with Crippen molar-refractivity contribution < 1.29 is 28.8 Å². The van der Waals surface area contributed by atoms with Crippen LogP contribution in [0.15, 0.2) is 54.3 Å². The average molecular weight is 529 g/mol. The van der Waals surface area contributed by atoms with Crippen molar-refractivity contribution >= 4 is 17.5 Å². The van der Waals surface area contributed by atoms with E-state index in [4.69, 9.17) is 35.7 Å². The molecule has 1 N–H and O–H groups in total. The Bertz CT molecular complexity index is 1100. The van der Waals surface area contributed by atoms with Crippen LogP contribution < -0.4 is 9.47 Å². The highest BCUT2D eigenvalue weighted by molar-refractivity contribution is 6.30. The largest absolute Gasteiger partial charge is 0.459 e. The number of piperazine rings is 1. The van der Waals surface area contributed by atoms with Crippen LogP contribution in [0.1, 0.15) is 36.3 Å². The first-order valence-electron chi connectivity index (χ1n) is 12.9. The number of carbonyl (C=O) groups excluding carboxylic acids is 1. The van der Waals surface area contributed by atoms with Crippen LogP contribution in [0.4, 0.5) is 0 Å². The number of amides is 1. The third kappa shape index (κ3) is 6.57. The van der Waals surface area contributed by atoms with Crippen molar-refractivity contribution in [2.45, 2.75) is 38.0 Å². The lowest BCUT2D eigenvalue weighted by Crippen LogP contribution is -2.49. The van der Waals surface area contributed by atoms with Gasteiger partial charge in [0.1, 0.15) is 0 Å². The topological polar surface area (TPSA) is 80.7 Å². The number of aliphatic hydroxyl groups is 1. The number of ether oxygens (including phenoxy) is 4. The molecule has 2 atom stereocenters. The van der Waals surface area contributed by atoms with Crippen LogP contribution in [-0.2, 0) is 20.8 Å². The summed E-state index contributed by atoms with van der Waals surface area (Å²) >= 11 is 6.08. The number of rotatable bonds is 9. The lowest BCUT2D eigenvalue weighted by atomic mass is 9.93. The number of fused-ring (bicyclic) bond motifs is 1. The van der Waals surface area contributed by atoms with E-state index in [1.165, 1.54) is 0 Å². The molecule has 9 heteroatoms. The van der Waals surface area contributed by atoms with Crippen LogP contribution in [-0.4, -0.2) is 73.3 Å². The Kier molecular flexibility index (Phi) is 8.51. The molecule has 0 spiro atoms. The molecule has 37 heavy (non-hydrogen) atoms. The fraction of sp³-hybridized carbons (Fsp3) is 0.464. The molecule has 1 saturated heterocycles. The zero-order valence-corrected chi connectivity index (χ0v) is 21.6. The monoisotopic (exact) mass is 528 g/mol.